The highest BCUT2D eigenvalue weighted by atomic mass is 32.2. The number of aromatic nitrogens is 3. The van der Waals surface area contributed by atoms with Gasteiger partial charge in [-0.25, -0.2) is 9.97 Å². The summed E-state index contributed by atoms with van der Waals surface area (Å²) in [6, 6.07) is 7.88. The quantitative estimate of drug-likeness (QED) is 0.663. The molecule has 136 valence electrons. The van der Waals surface area contributed by atoms with Crippen molar-refractivity contribution in [3.05, 3.63) is 30.0 Å². The van der Waals surface area contributed by atoms with E-state index < -0.39 is 5.60 Å². The second-order valence-corrected chi connectivity index (χ2v) is 7.43. The molecule has 5 nitrogen and oxygen atoms in total. The van der Waals surface area contributed by atoms with E-state index in [4.69, 9.17) is 10.7 Å². The number of nitrogens with zero attached hydrogens (tertiary/aromatic N) is 3. The minimum Gasteiger partial charge on any atom is -0.390 e. The van der Waals surface area contributed by atoms with Crippen LogP contribution in [0.15, 0.2) is 29.3 Å². The predicted octanol–water partition coefficient (Wildman–Crippen LogP) is 4.31. The summed E-state index contributed by atoms with van der Waals surface area (Å²) in [5.41, 5.74) is 8.77. The van der Waals surface area contributed by atoms with Gasteiger partial charge in [0.15, 0.2) is 11.5 Å². The van der Waals surface area contributed by atoms with E-state index in [1.165, 1.54) is 0 Å². The van der Waals surface area contributed by atoms with Crippen LogP contribution in [0.3, 0.4) is 0 Å². The van der Waals surface area contributed by atoms with Gasteiger partial charge in [0.1, 0.15) is 5.03 Å². The fraction of sp³-hybridized carbons (Fsp3) is 0.474. The highest BCUT2D eigenvalue weighted by Crippen LogP contribution is 2.31. The number of fused-ring (bicyclic) bond motifs is 3. The predicted molar refractivity (Wildman–Crippen MR) is 107 cm³/mol. The summed E-state index contributed by atoms with van der Waals surface area (Å²) in [6.07, 6.45) is 1.57. The third kappa shape index (κ3) is 4.25. The molecule has 2 heterocycles. The monoisotopic (exact) mass is 360 g/mol. The van der Waals surface area contributed by atoms with Gasteiger partial charge in [-0.3, -0.25) is 4.40 Å². The van der Waals surface area contributed by atoms with Crippen molar-refractivity contribution in [3.8, 4) is 0 Å². The highest BCUT2D eigenvalue weighted by Gasteiger charge is 2.23. The van der Waals surface area contributed by atoms with E-state index in [2.05, 4.69) is 11.9 Å². The van der Waals surface area contributed by atoms with Crippen LogP contribution in [0.25, 0.3) is 16.7 Å². The van der Waals surface area contributed by atoms with Crippen LogP contribution in [-0.4, -0.2) is 30.8 Å². The molecule has 2 aromatic heterocycles. The Labute approximate surface area is 153 Å². The lowest BCUT2D eigenvalue weighted by Crippen LogP contribution is -2.23. The maximum absolute atomic E-state index is 10.3. The van der Waals surface area contributed by atoms with Crippen molar-refractivity contribution in [2.24, 2.45) is 0 Å². The zero-order valence-corrected chi connectivity index (χ0v) is 16.5. The van der Waals surface area contributed by atoms with Gasteiger partial charge in [0, 0.05) is 6.42 Å². The third-order valence-corrected chi connectivity index (χ3v) is 4.78. The molecule has 6 heteroatoms. The molecule has 0 atom stereocenters. The first-order valence-electron chi connectivity index (χ1n) is 8.81. The van der Waals surface area contributed by atoms with Crippen molar-refractivity contribution in [2.45, 2.75) is 58.1 Å². The van der Waals surface area contributed by atoms with Gasteiger partial charge < -0.3 is 10.8 Å². The smallest absolute Gasteiger partial charge is 0.181 e. The summed E-state index contributed by atoms with van der Waals surface area (Å²) in [6.45, 7) is 9.77. The average Bonchev–Trinajstić information content (AvgIpc) is 2.92. The zero-order chi connectivity index (χ0) is 18.6. The lowest BCUT2D eigenvalue weighted by molar-refractivity contribution is 0.0791. The molecule has 3 aromatic rings. The van der Waals surface area contributed by atoms with E-state index in [1.54, 1.807) is 11.8 Å². The molecular formula is C19H28N4OS. The number of nitrogen functional groups attached to an aromatic ring is 1. The van der Waals surface area contributed by atoms with Gasteiger partial charge in [-0.2, -0.15) is 0 Å². The van der Waals surface area contributed by atoms with Gasteiger partial charge in [-0.1, -0.05) is 32.9 Å². The van der Waals surface area contributed by atoms with Crippen molar-refractivity contribution >= 4 is 34.3 Å². The Morgan fingerprint density at radius 2 is 1.88 bits per heavy atom. The molecule has 0 amide bonds. The second kappa shape index (κ2) is 8.06. The standard InChI is InChI=1S/C17H22N4OS.C2H6/c1-4-9-23-16-13(10-17(2,3)22)21-12-8-6-5-7-11(12)19-14(18)15(21)20-16;1-2/h5-8,22H,4,9-10H2,1-3H3,(H2,18,19);1-2H3. The van der Waals surface area contributed by atoms with E-state index >= 15 is 0 Å². The minimum absolute atomic E-state index is 0.420. The van der Waals surface area contributed by atoms with E-state index in [-0.39, 0.29) is 0 Å². The molecule has 0 radical (unpaired) electrons. The number of hydrogen-bond acceptors (Lipinski definition) is 5. The maximum Gasteiger partial charge on any atom is 0.181 e. The van der Waals surface area contributed by atoms with Crippen LogP contribution >= 0.6 is 11.8 Å². The molecule has 0 aliphatic carbocycles. The summed E-state index contributed by atoms with van der Waals surface area (Å²) in [5.74, 6) is 1.40. The largest absolute Gasteiger partial charge is 0.390 e. The molecule has 1 aromatic carbocycles. The van der Waals surface area contributed by atoms with Crippen LogP contribution in [0.1, 0.15) is 46.7 Å². The van der Waals surface area contributed by atoms with Crippen molar-refractivity contribution < 1.29 is 5.11 Å². The first kappa shape index (κ1) is 19.5. The number of nitrogens with two attached hydrogens (primary N) is 1. The number of imidazole rings is 1. The zero-order valence-electron chi connectivity index (χ0n) is 15.7. The SMILES string of the molecule is CC.CCCSc1nc2c(N)nc3ccccc3n2c1CC(C)(C)O. The van der Waals surface area contributed by atoms with Crippen LogP contribution in [0.2, 0.25) is 0 Å². The number of benzene rings is 1. The maximum atomic E-state index is 10.3. The Balaban J connectivity index is 0.00000109. The molecule has 0 saturated carbocycles. The molecule has 3 rings (SSSR count). The Bertz CT molecular complexity index is 852. The summed E-state index contributed by atoms with van der Waals surface area (Å²) >= 11 is 1.70. The normalized spacial score (nSPS) is 11.6. The molecule has 0 aliphatic heterocycles. The van der Waals surface area contributed by atoms with Crippen LogP contribution < -0.4 is 5.73 Å². The average molecular weight is 361 g/mol. The summed E-state index contributed by atoms with van der Waals surface area (Å²) in [5, 5.41) is 11.3. The molecule has 25 heavy (non-hydrogen) atoms. The van der Waals surface area contributed by atoms with E-state index in [1.807, 2.05) is 56.4 Å². The van der Waals surface area contributed by atoms with Crippen molar-refractivity contribution in [2.75, 3.05) is 11.5 Å². The van der Waals surface area contributed by atoms with E-state index in [9.17, 15) is 5.11 Å². The Morgan fingerprint density at radius 3 is 2.52 bits per heavy atom. The van der Waals surface area contributed by atoms with Crippen LogP contribution in [-0.2, 0) is 6.42 Å². The molecule has 0 aliphatic rings. The third-order valence-electron chi connectivity index (χ3n) is 3.57. The Hall–Kier alpha value is -1.79. The van der Waals surface area contributed by atoms with Gasteiger partial charge in [-0.05, 0) is 38.2 Å². The van der Waals surface area contributed by atoms with Gasteiger partial charge in [0.05, 0.1) is 22.3 Å². The lowest BCUT2D eigenvalue weighted by atomic mass is 10.0. The summed E-state index contributed by atoms with van der Waals surface area (Å²) < 4.78 is 2.05. The Kier molecular flexibility index (Phi) is 6.30. The van der Waals surface area contributed by atoms with Crippen LogP contribution in [0.4, 0.5) is 5.82 Å². The van der Waals surface area contributed by atoms with E-state index in [0.29, 0.717) is 17.9 Å². The number of aliphatic hydroxyl groups is 1. The fourth-order valence-electron chi connectivity index (χ4n) is 2.67. The van der Waals surface area contributed by atoms with Gasteiger partial charge in [-0.15, -0.1) is 11.8 Å². The minimum atomic E-state index is -0.823. The second-order valence-electron chi connectivity index (χ2n) is 6.35. The molecule has 0 spiro atoms. The van der Waals surface area contributed by atoms with Gasteiger partial charge in [0.2, 0.25) is 0 Å². The molecule has 3 N–H and O–H groups in total. The topological polar surface area (TPSA) is 76.4 Å². The van der Waals surface area contributed by atoms with Crippen molar-refractivity contribution in [1.82, 2.24) is 14.4 Å². The molecule has 0 unspecified atom stereocenters. The van der Waals surface area contributed by atoms with Gasteiger partial charge in [0.25, 0.3) is 0 Å². The lowest BCUT2D eigenvalue weighted by Gasteiger charge is -2.18. The Morgan fingerprint density at radius 1 is 1.20 bits per heavy atom. The molecular weight excluding hydrogens is 332 g/mol. The highest BCUT2D eigenvalue weighted by molar-refractivity contribution is 7.99. The van der Waals surface area contributed by atoms with Crippen LogP contribution in [0.5, 0.6) is 0 Å². The molecule has 0 saturated heterocycles. The van der Waals surface area contributed by atoms with Crippen molar-refractivity contribution in [1.29, 1.82) is 0 Å². The van der Waals surface area contributed by atoms with Gasteiger partial charge >= 0.3 is 0 Å². The first-order valence-corrected chi connectivity index (χ1v) is 9.80. The fourth-order valence-corrected chi connectivity index (χ4v) is 3.55. The number of thioether (sulfide) groups is 1. The number of rotatable bonds is 5. The van der Waals surface area contributed by atoms with Crippen molar-refractivity contribution in [3.63, 3.8) is 0 Å². The number of para-hydroxylation sites is 2. The van der Waals surface area contributed by atoms with Crippen LogP contribution in [0, 0.1) is 0 Å². The first-order chi connectivity index (χ1) is 11.9. The van der Waals surface area contributed by atoms with E-state index in [0.717, 1.165) is 33.9 Å². The number of anilines is 1. The summed E-state index contributed by atoms with van der Waals surface area (Å²) in [7, 11) is 0. The molecule has 0 bridgehead atoms. The summed E-state index contributed by atoms with van der Waals surface area (Å²) in [4.78, 5) is 9.17. The molecule has 0 fully saturated rings. The number of hydrogen-bond donors (Lipinski definition) is 2.